The van der Waals surface area contributed by atoms with E-state index in [1.807, 2.05) is 0 Å². The van der Waals surface area contributed by atoms with Gasteiger partial charge in [0.2, 0.25) is 0 Å². The predicted molar refractivity (Wildman–Crippen MR) is 85.4 cm³/mol. The molecule has 0 atom stereocenters. The highest BCUT2D eigenvalue weighted by molar-refractivity contribution is 5.48. The summed E-state index contributed by atoms with van der Waals surface area (Å²) in [5.41, 5.74) is 0. The van der Waals surface area contributed by atoms with Crippen molar-refractivity contribution < 1.29 is 4.79 Å². The van der Waals surface area contributed by atoms with Gasteiger partial charge in [-0.3, -0.25) is 0 Å². The molecule has 0 aliphatic carbocycles. The Labute approximate surface area is 120 Å². The van der Waals surface area contributed by atoms with Crippen LogP contribution >= 0.6 is 0 Å². The minimum atomic E-state index is 0.741. The van der Waals surface area contributed by atoms with Gasteiger partial charge >= 0.3 is 0 Å². The normalized spacial score (nSPS) is 11.6. The van der Waals surface area contributed by atoms with Crippen molar-refractivity contribution in [1.82, 2.24) is 0 Å². The van der Waals surface area contributed by atoms with Gasteiger partial charge in [0.15, 0.2) is 0 Å². The van der Waals surface area contributed by atoms with E-state index in [2.05, 4.69) is 31.2 Å². The van der Waals surface area contributed by atoms with Crippen LogP contribution < -0.4 is 0 Å². The Morgan fingerprint density at radius 2 is 1.16 bits per heavy atom. The lowest BCUT2D eigenvalue weighted by Crippen LogP contribution is -1.80. The molecule has 0 bridgehead atoms. The first-order valence-corrected chi connectivity index (χ1v) is 8.15. The Bertz CT molecular complexity index is 228. The van der Waals surface area contributed by atoms with Gasteiger partial charge in [-0.25, -0.2) is 0 Å². The van der Waals surface area contributed by atoms with E-state index < -0.39 is 0 Å². The van der Waals surface area contributed by atoms with Crippen LogP contribution in [0.25, 0.3) is 0 Å². The highest BCUT2D eigenvalue weighted by atomic mass is 16.1. The van der Waals surface area contributed by atoms with E-state index in [1.54, 1.807) is 0 Å². The fourth-order valence-corrected chi connectivity index (χ4v) is 2.04. The van der Waals surface area contributed by atoms with Crippen molar-refractivity contribution in [3.05, 3.63) is 24.3 Å². The molecule has 1 nitrogen and oxygen atoms in total. The SMILES string of the molecule is CCCCC/C=C\C/C=C\CCCCCCCC=O. The zero-order chi connectivity index (χ0) is 14.0. The van der Waals surface area contributed by atoms with Gasteiger partial charge in [0.25, 0.3) is 0 Å². The summed E-state index contributed by atoms with van der Waals surface area (Å²) in [6.07, 6.45) is 24.6. The lowest BCUT2D eigenvalue weighted by Gasteiger charge is -1.97. The molecule has 0 aliphatic rings. The zero-order valence-corrected chi connectivity index (χ0v) is 12.8. The molecule has 0 saturated heterocycles. The van der Waals surface area contributed by atoms with Gasteiger partial charge in [0.05, 0.1) is 0 Å². The Kier molecular flexibility index (Phi) is 16.4. The average Bonchev–Trinajstić information content (AvgIpc) is 2.43. The Morgan fingerprint density at radius 1 is 0.632 bits per heavy atom. The first-order valence-electron chi connectivity index (χ1n) is 8.15. The van der Waals surface area contributed by atoms with Crippen molar-refractivity contribution in [2.45, 2.75) is 84.0 Å². The molecule has 0 N–H and O–H groups in total. The van der Waals surface area contributed by atoms with Crippen LogP contribution in [0.2, 0.25) is 0 Å². The van der Waals surface area contributed by atoms with Gasteiger partial charge in [-0.05, 0) is 38.5 Å². The largest absolute Gasteiger partial charge is 0.303 e. The van der Waals surface area contributed by atoms with Crippen LogP contribution in [0, 0.1) is 0 Å². The first kappa shape index (κ1) is 18.1. The van der Waals surface area contributed by atoms with Crippen molar-refractivity contribution in [3.8, 4) is 0 Å². The molecule has 0 aliphatic heterocycles. The van der Waals surface area contributed by atoms with Gasteiger partial charge in [0.1, 0.15) is 6.29 Å². The third kappa shape index (κ3) is 17.1. The topological polar surface area (TPSA) is 17.1 Å². The highest BCUT2D eigenvalue weighted by Crippen LogP contribution is 2.07. The Hall–Kier alpha value is -0.850. The fourth-order valence-electron chi connectivity index (χ4n) is 2.04. The second-order valence-corrected chi connectivity index (χ2v) is 5.19. The first-order chi connectivity index (χ1) is 9.41. The average molecular weight is 264 g/mol. The molecule has 1 heteroatoms. The minimum absolute atomic E-state index is 0.741. The molecule has 0 saturated carbocycles. The summed E-state index contributed by atoms with van der Waals surface area (Å²) >= 11 is 0. The summed E-state index contributed by atoms with van der Waals surface area (Å²) in [7, 11) is 0. The molecule has 19 heavy (non-hydrogen) atoms. The maximum atomic E-state index is 10.1. The standard InChI is InChI=1S/C18H32O/c1-2-3-4-5-6-7-8-9-10-11-12-13-14-15-16-17-18-19/h6-7,9-10,18H,2-5,8,11-17H2,1H3/b7-6-,10-9-. The van der Waals surface area contributed by atoms with Crippen molar-refractivity contribution in [3.63, 3.8) is 0 Å². The van der Waals surface area contributed by atoms with Crippen molar-refractivity contribution in [2.75, 3.05) is 0 Å². The number of hydrogen-bond acceptors (Lipinski definition) is 1. The van der Waals surface area contributed by atoms with Gasteiger partial charge < -0.3 is 4.79 Å². The molecule has 0 amide bonds. The maximum Gasteiger partial charge on any atom is 0.119 e. The molecule has 0 aromatic rings. The van der Waals surface area contributed by atoms with E-state index in [1.165, 1.54) is 57.8 Å². The van der Waals surface area contributed by atoms with Crippen molar-refractivity contribution in [2.24, 2.45) is 0 Å². The van der Waals surface area contributed by atoms with Crippen LogP contribution in [-0.2, 0) is 4.79 Å². The molecule has 0 spiro atoms. The Morgan fingerprint density at radius 3 is 1.74 bits per heavy atom. The van der Waals surface area contributed by atoms with E-state index in [-0.39, 0.29) is 0 Å². The number of rotatable bonds is 14. The second kappa shape index (κ2) is 17.2. The summed E-state index contributed by atoms with van der Waals surface area (Å²) in [5, 5.41) is 0. The summed E-state index contributed by atoms with van der Waals surface area (Å²) in [5.74, 6) is 0. The quantitative estimate of drug-likeness (QED) is 0.214. The Balaban J connectivity index is 3.14. The number of hydrogen-bond donors (Lipinski definition) is 0. The number of carbonyl (C=O) groups is 1. The molecule has 0 fully saturated rings. The van der Waals surface area contributed by atoms with Crippen LogP contribution in [0.5, 0.6) is 0 Å². The number of unbranched alkanes of at least 4 members (excludes halogenated alkanes) is 9. The van der Waals surface area contributed by atoms with Gasteiger partial charge in [0, 0.05) is 6.42 Å². The molecule has 0 radical (unpaired) electrons. The van der Waals surface area contributed by atoms with E-state index in [4.69, 9.17) is 0 Å². The molecule has 0 aromatic carbocycles. The molecule has 0 heterocycles. The minimum Gasteiger partial charge on any atom is -0.303 e. The summed E-state index contributed by atoms with van der Waals surface area (Å²) in [4.78, 5) is 10.1. The van der Waals surface area contributed by atoms with Crippen LogP contribution in [-0.4, -0.2) is 6.29 Å². The molecule has 0 rings (SSSR count). The molecule has 0 aromatic heterocycles. The van der Waals surface area contributed by atoms with E-state index in [9.17, 15) is 4.79 Å². The second-order valence-electron chi connectivity index (χ2n) is 5.19. The van der Waals surface area contributed by atoms with E-state index in [0.717, 1.165) is 25.5 Å². The van der Waals surface area contributed by atoms with Crippen molar-refractivity contribution in [1.29, 1.82) is 0 Å². The summed E-state index contributed by atoms with van der Waals surface area (Å²) in [6.45, 7) is 2.24. The van der Waals surface area contributed by atoms with Gasteiger partial charge in [-0.1, -0.05) is 63.3 Å². The third-order valence-corrected chi connectivity index (χ3v) is 3.27. The molecule has 0 unspecified atom stereocenters. The molecule has 110 valence electrons. The molecular formula is C18H32O. The van der Waals surface area contributed by atoms with Crippen LogP contribution in [0.1, 0.15) is 84.0 Å². The van der Waals surface area contributed by atoms with Gasteiger partial charge in [-0.15, -0.1) is 0 Å². The lowest BCUT2D eigenvalue weighted by atomic mass is 10.1. The monoisotopic (exact) mass is 264 g/mol. The van der Waals surface area contributed by atoms with E-state index >= 15 is 0 Å². The van der Waals surface area contributed by atoms with Crippen LogP contribution in [0.15, 0.2) is 24.3 Å². The third-order valence-electron chi connectivity index (χ3n) is 3.27. The number of aldehydes is 1. The zero-order valence-electron chi connectivity index (χ0n) is 12.8. The smallest absolute Gasteiger partial charge is 0.119 e. The predicted octanol–water partition coefficient (Wildman–Crippen LogP) is 6.00. The lowest BCUT2D eigenvalue weighted by molar-refractivity contribution is -0.107. The van der Waals surface area contributed by atoms with Crippen molar-refractivity contribution >= 4 is 6.29 Å². The summed E-state index contributed by atoms with van der Waals surface area (Å²) < 4.78 is 0. The summed E-state index contributed by atoms with van der Waals surface area (Å²) in [6, 6.07) is 0. The maximum absolute atomic E-state index is 10.1. The van der Waals surface area contributed by atoms with E-state index in [0.29, 0.717) is 0 Å². The fraction of sp³-hybridized carbons (Fsp3) is 0.722. The highest BCUT2D eigenvalue weighted by Gasteiger charge is 1.89. The number of allylic oxidation sites excluding steroid dienone is 4. The number of carbonyl (C=O) groups excluding carboxylic acids is 1. The van der Waals surface area contributed by atoms with Crippen LogP contribution in [0.4, 0.5) is 0 Å². The van der Waals surface area contributed by atoms with Gasteiger partial charge in [-0.2, -0.15) is 0 Å². The molecular weight excluding hydrogens is 232 g/mol. The van der Waals surface area contributed by atoms with Crippen LogP contribution in [0.3, 0.4) is 0 Å².